The Morgan fingerprint density at radius 3 is 2.94 bits per heavy atom. The number of nitrogens with two attached hydrogens (primary N) is 1. The van der Waals surface area contributed by atoms with Crippen LogP contribution in [0.3, 0.4) is 0 Å². The van der Waals surface area contributed by atoms with E-state index in [1.165, 1.54) is 0 Å². The number of hydrogen-bond donors (Lipinski definition) is 2. The average Bonchev–Trinajstić information content (AvgIpc) is 2.81. The Balaban J connectivity index is 2.00. The van der Waals surface area contributed by atoms with E-state index in [2.05, 4.69) is 15.5 Å². The number of nitrogen functional groups attached to an aromatic ring is 1. The summed E-state index contributed by atoms with van der Waals surface area (Å²) < 4.78 is 6.45. The fraction of sp³-hybridized carbons (Fsp3) is 0.300. The molecule has 7 heteroatoms. The summed E-state index contributed by atoms with van der Waals surface area (Å²) >= 11 is 0. The molecular weight excluding hydrogens is 222 g/mol. The molecule has 2 rings (SSSR count). The second-order valence-electron chi connectivity index (χ2n) is 3.68. The van der Waals surface area contributed by atoms with Gasteiger partial charge in [0.05, 0.1) is 12.2 Å². The van der Waals surface area contributed by atoms with Crippen LogP contribution in [-0.4, -0.2) is 20.6 Å². The van der Waals surface area contributed by atoms with Crippen molar-refractivity contribution in [2.75, 3.05) is 5.73 Å². The maximum absolute atomic E-state index is 11.8. The predicted molar refractivity (Wildman–Crippen MR) is 60.0 cm³/mol. The quantitative estimate of drug-likeness (QED) is 0.793. The molecule has 0 unspecified atom stereocenters. The minimum absolute atomic E-state index is 0.223. The molecule has 0 aromatic carbocycles. The van der Waals surface area contributed by atoms with Crippen molar-refractivity contribution in [1.29, 1.82) is 0 Å². The van der Waals surface area contributed by atoms with Crippen molar-refractivity contribution in [2.45, 2.75) is 13.5 Å². The SMILES string of the molecule is Cc1nc(CNC(=O)c2cc(N)cn2C)no1. The van der Waals surface area contributed by atoms with E-state index in [4.69, 9.17) is 10.3 Å². The molecule has 3 N–H and O–H groups in total. The summed E-state index contributed by atoms with van der Waals surface area (Å²) in [5.74, 6) is 0.682. The zero-order chi connectivity index (χ0) is 12.4. The number of hydrogen-bond acceptors (Lipinski definition) is 5. The Bertz CT molecular complexity index is 543. The summed E-state index contributed by atoms with van der Waals surface area (Å²) in [5.41, 5.74) is 6.63. The van der Waals surface area contributed by atoms with Crippen LogP contribution >= 0.6 is 0 Å². The summed E-state index contributed by atoms with van der Waals surface area (Å²) in [6.07, 6.45) is 1.67. The number of anilines is 1. The average molecular weight is 235 g/mol. The lowest BCUT2D eigenvalue weighted by Gasteiger charge is -2.02. The van der Waals surface area contributed by atoms with E-state index < -0.39 is 0 Å². The monoisotopic (exact) mass is 235 g/mol. The summed E-state index contributed by atoms with van der Waals surface area (Å²) in [7, 11) is 1.75. The van der Waals surface area contributed by atoms with Gasteiger partial charge >= 0.3 is 0 Å². The van der Waals surface area contributed by atoms with E-state index in [9.17, 15) is 4.79 Å². The molecule has 0 aliphatic carbocycles. The van der Waals surface area contributed by atoms with Crippen molar-refractivity contribution in [2.24, 2.45) is 7.05 Å². The van der Waals surface area contributed by atoms with Crippen molar-refractivity contribution in [3.63, 3.8) is 0 Å². The number of aryl methyl sites for hydroxylation is 2. The van der Waals surface area contributed by atoms with Crippen LogP contribution in [0.4, 0.5) is 5.69 Å². The zero-order valence-corrected chi connectivity index (χ0v) is 9.60. The van der Waals surface area contributed by atoms with Gasteiger partial charge in [0.25, 0.3) is 5.91 Å². The first kappa shape index (κ1) is 11.2. The fourth-order valence-electron chi connectivity index (χ4n) is 1.48. The van der Waals surface area contributed by atoms with Crippen LogP contribution in [0.5, 0.6) is 0 Å². The van der Waals surface area contributed by atoms with Crippen LogP contribution in [0.1, 0.15) is 22.2 Å². The first-order valence-electron chi connectivity index (χ1n) is 5.05. The topological polar surface area (TPSA) is 99.0 Å². The Morgan fingerprint density at radius 1 is 1.65 bits per heavy atom. The van der Waals surface area contributed by atoms with Crippen LogP contribution in [-0.2, 0) is 13.6 Å². The number of rotatable bonds is 3. The third-order valence-corrected chi connectivity index (χ3v) is 2.24. The van der Waals surface area contributed by atoms with Crippen LogP contribution < -0.4 is 11.1 Å². The molecule has 2 heterocycles. The van der Waals surface area contributed by atoms with Gasteiger partial charge in [0, 0.05) is 20.2 Å². The number of carbonyl (C=O) groups is 1. The number of nitrogens with zero attached hydrogens (tertiary/aromatic N) is 3. The summed E-state index contributed by atoms with van der Waals surface area (Å²) in [6, 6.07) is 1.61. The standard InChI is InChI=1S/C10H13N5O2/c1-6-13-9(14-17-6)4-12-10(16)8-3-7(11)5-15(8)2/h3,5H,4,11H2,1-2H3,(H,12,16). The normalized spacial score (nSPS) is 10.5. The van der Waals surface area contributed by atoms with E-state index in [0.29, 0.717) is 23.1 Å². The van der Waals surface area contributed by atoms with Gasteiger partial charge in [-0.05, 0) is 6.07 Å². The van der Waals surface area contributed by atoms with Gasteiger partial charge < -0.3 is 20.1 Å². The largest absolute Gasteiger partial charge is 0.397 e. The molecule has 7 nitrogen and oxygen atoms in total. The Hall–Kier alpha value is -2.31. The molecule has 1 amide bonds. The molecule has 0 atom stereocenters. The maximum atomic E-state index is 11.8. The van der Waals surface area contributed by atoms with Crippen molar-refractivity contribution < 1.29 is 9.32 Å². The molecule has 0 radical (unpaired) electrons. The van der Waals surface area contributed by atoms with Gasteiger partial charge in [0.1, 0.15) is 5.69 Å². The zero-order valence-electron chi connectivity index (χ0n) is 9.60. The highest BCUT2D eigenvalue weighted by molar-refractivity contribution is 5.93. The molecule has 17 heavy (non-hydrogen) atoms. The molecule has 0 aliphatic heterocycles. The molecule has 0 fully saturated rings. The van der Waals surface area contributed by atoms with Gasteiger partial charge in [0.2, 0.25) is 5.89 Å². The third kappa shape index (κ3) is 2.44. The minimum atomic E-state index is -0.230. The van der Waals surface area contributed by atoms with Gasteiger partial charge in [-0.3, -0.25) is 4.79 Å². The molecule has 2 aromatic rings. The number of aromatic nitrogens is 3. The van der Waals surface area contributed by atoms with E-state index in [-0.39, 0.29) is 12.5 Å². The number of amides is 1. The van der Waals surface area contributed by atoms with E-state index in [1.807, 2.05) is 0 Å². The Morgan fingerprint density at radius 2 is 2.41 bits per heavy atom. The van der Waals surface area contributed by atoms with Crippen molar-refractivity contribution >= 4 is 11.6 Å². The first-order valence-corrected chi connectivity index (χ1v) is 5.05. The molecule has 0 bridgehead atoms. The van der Waals surface area contributed by atoms with Gasteiger partial charge in [-0.25, -0.2) is 0 Å². The molecule has 2 aromatic heterocycles. The van der Waals surface area contributed by atoms with Crippen LogP contribution in [0.25, 0.3) is 0 Å². The molecule has 0 saturated carbocycles. The van der Waals surface area contributed by atoms with Gasteiger partial charge in [-0.15, -0.1) is 0 Å². The second-order valence-corrected chi connectivity index (χ2v) is 3.68. The smallest absolute Gasteiger partial charge is 0.268 e. The predicted octanol–water partition coefficient (Wildman–Crippen LogP) is 0.229. The Kier molecular flexibility index (Phi) is 2.82. The molecule has 90 valence electrons. The van der Waals surface area contributed by atoms with Crippen molar-refractivity contribution in [1.82, 2.24) is 20.0 Å². The fourth-order valence-corrected chi connectivity index (χ4v) is 1.48. The van der Waals surface area contributed by atoms with Crippen LogP contribution in [0.15, 0.2) is 16.8 Å². The highest BCUT2D eigenvalue weighted by Crippen LogP contribution is 2.08. The lowest BCUT2D eigenvalue weighted by atomic mass is 10.4. The highest BCUT2D eigenvalue weighted by atomic mass is 16.5. The number of carbonyl (C=O) groups excluding carboxylic acids is 1. The number of nitrogens with one attached hydrogen (secondary N) is 1. The van der Waals surface area contributed by atoms with E-state index in [1.54, 1.807) is 30.8 Å². The lowest BCUT2D eigenvalue weighted by Crippen LogP contribution is -2.25. The lowest BCUT2D eigenvalue weighted by molar-refractivity contribution is 0.0941. The van der Waals surface area contributed by atoms with Gasteiger partial charge in [-0.1, -0.05) is 5.16 Å². The molecule has 0 aliphatic rings. The molecular formula is C10H13N5O2. The highest BCUT2D eigenvalue weighted by Gasteiger charge is 2.11. The van der Waals surface area contributed by atoms with Crippen LogP contribution in [0, 0.1) is 6.92 Å². The van der Waals surface area contributed by atoms with Gasteiger partial charge in [0.15, 0.2) is 5.82 Å². The summed E-state index contributed by atoms with van der Waals surface area (Å²) in [6.45, 7) is 1.91. The van der Waals surface area contributed by atoms with Gasteiger partial charge in [-0.2, -0.15) is 4.98 Å². The van der Waals surface area contributed by atoms with Crippen molar-refractivity contribution in [3.8, 4) is 0 Å². The second kappa shape index (κ2) is 4.28. The maximum Gasteiger partial charge on any atom is 0.268 e. The summed E-state index contributed by atoms with van der Waals surface area (Å²) in [5, 5.41) is 6.36. The Labute approximate surface area is 97.6 Å². The molecule has 0 spiro atoms. The van der Waals surface area contributed by atoms with E-state index in [0.717, 1.165) is 0 Å². The third-order valence-electron chi connectivity index (χ3n) is 2.24. The van der Waals surface area contributed by atoms with E-state index >= 15 is 0 Å². The van der Waals surface area contributed by atoms with Crippen molar-refractivity contribution in [3.05, 3.63) is 29.7 Å². The first-order chi connectivity index (χ1) is 8.06. The molecule has 0 saturated heterocycles. The minimum Gasteiger partial charge on any atom is -0.397 e. The van der Waals surface area contributed by atoms with Crippen LogP contribution in [0.2, 0.25) is 0 Å². The summed E-state index contributed by atoms with van der Waals surface area (Å²) in [4.78, 5) is 15.8.